The van der Waals surface area contributed by atoms with Crippen LogP contribution in [0.2, 0.25) is 0 Å². The number of carbonyl (C=O) groups excluding carboxylic acids is 2. The number of methoxy groups -OCH3 is 2. The summed E-state index contributed by atoms with van der Waals surface area (Å²) >= 11 is 0. The van der Waals surface area contributed by atoms with Gasteiger partial charge in [0.05, 0.1) is 14.2 Å². The first-order chi connectivity index (χ1) is 14.4. The maximum Gasteiger partial charge on any atom is 0.321 e. The van der Waals surface area contributed by atoms with Crippen molar-refractivity contribution in [3.05, 3.63) is 54.1 Å². The molecule has 0 unspecified atom stereocenters. The number of hydrogen-bond donors (Lipinski definition) is 2. The first-order valence-corrected chi connectivity index (χ1v) is 10.0. The zero-order valence-electron chi connectivity index (χ0n) is 17.7. The maximum absolute atomic E-state index is 12.8. The third-order valence-electron chi connectivity index (χ3n) is 5.64. The van der Waals surface area contributed by atoms with Gasteiger partial charge in [-0.15, -0.1) is 0 Å². The van der Waals surface area contributed by atoms with Crippen LogP contribution < -0.4 is 20.1 Å². The number of carbonyl (C=O) groups is 2. The topological polar surface area (TPSA) is 79.9 Å². The van der Waals surface area contributed by atoms with Crippen LogP contribution >= 0.6 is 0 Å². The molecule has 0 atom stereocenters. The molecule has 3 amide bonds. The lowest BCUT2D eigenvalue weighted by Gasteiger charge is -2.38. The second kappa shape index (κ2) is 9.52. The van der Waals surface area contributed by atoms with E-state index in [-0.39, 0.29) is 11.9 Å². The summed E-state index contributed by atoms with van der Waals surface area (Å²) in [5.41, 5.74) is 1.21. The van der Waals surface area contributed by atoms with Gasteiger partial charge in [-0.05, 0) is 42.7 Å². The van der Waals surface area contributed by atoms with Crippen LogP contribution in [0.3, 0.4) is 0 Å². The highest BCUT2D eigenvalue weighted by Crippen LogP contribution is 2.31. The minimum Gasteiger partial charge on any atom is -0.497 e. The van der Waals surface area contributed by atoms with Crippen molar-refractivity contribution in [3.8, 4) is 11.5 Å². The van der Waals surface area contributed by atoms with E-state index >= 15 is 0 Å². The van der Waals surface area contributed by atoms with Gasteiger partial charge in [0, 0.05) is 36.8 Å². The van der Waals surface area contributed by atoms with Crippen molar-refractivity contribution in [2.75, 3.05) is 32.6 Å². The molecule has 1 aliphatic rings. The zero-order valence-corrected chi connectivity index (χ0v) is 17.7. The molecular formula is C23H29N3O4. The molecule has 0 saturated carbocycles. The highest BCUT2D eigenvalue weighted by Gasteiger charge is 2.37. The number of anilines is 1. The van der Waals surface area contributed by atoms with Crippen molar-refractivity contribution in [2.45, 2.75) is 26.3 Å². The van der Waals surface area contributed by atoms with Crippen LogP contribution in [0.4, 0.5) is 10.5 Å². The number of rotatable bonds is 6. The number of urea groups is 1. The largest absolute Gasteiger partial charge is 0.497 e. The summed E-state index contributed by atoms with van der Waals surface area (Å²) in [4.78, 5) is 27.1. The lowest BCUT2D eigenvalue weighted by Crippen LogP contribution is -2.49. The van der Waals surface area contributed by atoms with Crippen molar-refractivity contribution in [1.29, 1.82) is 0 Å². The molecule has 1 saturated heterocycles. The van der Waals surface area contributed by atoms with Gasteiger partial charge in [-0.3, -0.25) is 4.79 Å². The van der Waals surface area contributed by atoms with Crippen molar-refractivity contribution in [2.24, 2.45) is 5.41 Å². The molecule has 2 aromatic rings. The van der Waals surface area contributed by atoms with Crippen molar-refractivity contribution in [1.82, 2.24) is 10.2 Å². The summed E-state index contributed by atoms with van der Waals surface area (Å²) in [5, 5.41) is 5.93. The number of hydrogen-bond acceptors (Lipinski definition) is 4. The lowest BCUT2D eigenvalue weighted by molar-refractivity contribution is -0.132. The SMILES string of the molecule is COc1ccc(CNC(=O)C2(C)CCN(C(=O)Nc3cccc(OC)c3)CC2)cc1. The Kier molecular flexibility index (Phi) is 6.82. The fourth-order valence-corrected chi connectivity index (χ4v) is 3.47. The number of nitrogens with one attached hydrogen (secondary N) is 2. The molecule has 0 aromatic heterocycles. The summed E-state index contributed by atoms with van der Waals surface area (Å²) in [7, 11) is 3.22. The van der Waals surface area contributed by atoms with Gasteiger partial charge in [0.1, 0.15) is 11.5 Å². The number of piperidine rings is 1. The normalized spacial score (nSPS) is 15.2. The van der Waals surface area contributed by atoms with Gasteiger partial charge in [-0.25, -0.2) is 4.79 Å². The van der Waals surface area contributed by atoms with Crippen LogP contribution in [-0.2, 0) is 11.3 Å². The van der Waals surface area contributed by atoms with Crippen LogP contribution in [0.25, 0.3) is 0 Å². The summed E-state index contributed by atoms with van der Waals surface area (Å²) < 4.78 is 10.3. The molecule has 1 fully saturated rings. The van der Waals surface area contributed by atoms with Crippen molar-refractivity contribution < 1.29 is 19.1 Å². The highest BCUT2D eigenvalue weighted by molar-refractivity contribution is 5.90. The molecule has 7 nitrogen and oxygen atoms in total. The summed E-state index contributed by atoms with van der Waals surface area (Å²) in [6.45, 7) is 3.50. The first-order valence-electron chi connectivity index (χ1n) is 10.0. The van der Waals surface area contributed by atoms with Crippen LogP contribution in [-0.4, -0.2) is 44.1 Å². The predicted octanol–water partition coefficient (Wildman–Crippen LogP) is 3.65. The summed E-state index contributed by atoms with van der Waals surface area (Å²) in [6.07, 6.45) is 1.24. The number of likely N-dealkylation sites (tertiary alicyclic amines) is 1. The fourth-order valence-electron chi connectivity index (χ4n) is 3.47. The van der Waals surface area contributed by atoms with E-state index in [4.69, 9.17) is 9.47 Å². The van der Waals surface area contributed by atoms with Crippen LogP contribution in [0.1, 0.15) is 25.3 Å². The molecule has 2 aromatic carbocycles. The van der Waals surface area contributed by atoms with Crippen molar-refractivity contribution in [3.63, 3.8) is 0 Å². The van der Waals surface area contributed by atoms with Gasteiger partial charge >= 0.3 is 6.03 Å². The van der Waals surface area contributed by atoms with E-state index in [9.17, 15) is 9.59 Å². The molecule has 30 heavy (non-hydrogen) atoms. The van der Waals surface area contributed by atoms with Gasteiger partial charge < -0.3 is 25.0 Å². The Labute approximate surface area is 177 Å². The average Bonchev–Trinajstić information content (AvgIpc) is 2.78. The van der Waals surface area contributed by atoms with E-state index < -0.39 is 5.41 Å². The lowest BCUT2D eigenvalue weighted by atomic mass is 9.79. The molecule has 1 aliphatic heterocycles. The number of benzene rings is 2. The smallest absolute Gasteiger partial charge is 0.321 e. The number of amides is 3. The Bertz CT molecular complexity index is 874. The van der Waals surface area contributed by atoms with Crippen LogP contribution in [0, 0.1) is 5.41 Å². The van der Waals surface area contributed by atoms with E-state index in [0.29, 0.717) is 43.9 Å². The Morgan fingerprint density at radius 2 is 1.67 bits per heavy atom. The van der Waals surface area contributed by atoms with E-state index in [1.54, 1.807) is 25.2 Å². The Morgan fingerprint density at radius 3 is 2.30 bits per heavy atom. The van der Waals surface area contributed by atoms with E-state index in [2.05, 4.69) is 10.6 Å². The minimum absolute atomic E-state index is 0.0196. The first kappa shape index (κ1) is 21.5. The van der Waals surface area contributed by atoms with E-state index in [1.807, 2.05) is 49.4 Å². The highest BCUT2D eigenvalue weighted by atomic mass is 16.5. The Hall–Kier alpha value is -3.22. The zero-order chi connectivity index (χ0) is 21.6. The molecule has 0 spiro atoms. The molecule has 1 heterocycles. The third-order valence-corrected chi connectivity index (χ3v) is 5.64. The van der Waals surface area contributed by atoms with Gasteiger partial charge in [0.2, 0.25) is 5.91 Å². The van der Waals surface area contributed by atoms with Gasteiger partial charge in [0.15, 0.2) is 0 Å². The van der Waals surface area contributed by atoms with E-state index in [1.165, 1.54) is 0 Å². The molecule has 3 rings (SSSR count). The van der Waals surface area contributed by atoms with E-state index in [0.717, 1.165) is 11.3 Å². The van der Waals surface area contributed by atoms with Gasteiger partial charge in [-0.1, -0.05) is 25.1 Å². The summed E-state index contributed by atoms with van der Waals surface area (Å²) in [6, 6.07) is 14.7. The second-order valence-corrected chi connectivity index (χ2v) is 7.74. The van der Waals surface area contributed by atoms with Crippen molar-refractivity contribution >= 4 is 17.6 Å². The molecule has 7 heteroatoms. The molecule has 0 aliphatic carbocycles. The second-order valence-electron chi connectivity index (χ2n) is 7.74. The Morgan fingerprint density at radius 1 is 1.00 bits per heavy atom. The molecule has 160 valence electrons. The number of nitrogens with zero attached hydrogens (tertiary/aromatic N) is 1. The fraction of sp³-hybridized carbons (Fsp3) is 0.391. The molecule has 0 radical (unpaired) electrons. The number of ether oxygens (including phenoxy) is 2. The monoisotopic (exact) mass is 411 g/mol. The maximum atomic E-state index is 12.8. The minimum atomic E-state index is -0.487. The molecule has 2 N–H and O–H groups in total. The van der Waals surface area contributed by atoms with Gasteiger partial charge in [-0.2, -0.15) is 0 Å². The van der Waals surface area contributed by atoms with Crippen LogP contribution in [0.5, 0.6) is 11.5 Å². The Balaban J connectivity index is 1.49. The predicted molar refractivity (Wildman–Crippen MR) is 116 cm³/mol. The standard InChI is InChI=1S/C23H29N3O4/c1-23(21(27)24-16-17-7-9-19(29-2)10-8-17)11-13-26(14-12-23)22(28)25-18-5-4-6-20(15-18)30-3/h4-10,15H,11-14,16H2,1-3H3,(H,24,27)(H,25,28). The van der Waals surface area contributed by atoms with Crippen LogP contribution in [0.15, 0.2) is 48.5 Å². The third kappa shape index (κ3) is 5.23. The molecule has 0 bridgehead atoms. The quantitative estimate of drug-likeness (QED) is 0.760. The average molecular weight is 412 g/mol. The molecular weight excluding hydrogens is 382 g/mol. The summed E-state index contributed by atoms with van der Waals surface area (Å²) in [5.74, 6) is 1.50. The van der Waals surface area contributed by atoms with Gasteiger partial charge in [0.25, 0.3) is 0 Å².